The summed E-state index contributed by atoms with van der Waals surface area (Å²) in [5.74, 6) is -4.82. The normalized spacial score (nSPS) is 64.3. The van der Waals surface area contributed by atoms with Crippen molar-refractivity contribution < 1.29 is 49.3 Å². The Bertz CT molecular complexity index is 1170. The molecule has 3 saturated heterocycles. The Morgan fingerprint density at radius 1 is 0.974 bits per heavy atom. The van der Waals surface area contributed by atoms with Gasteiger partial charge < -0.3 is 39.7 Å². The molecule has 10 nitrogen and oxygen atoms in total. The average molecular weight is 535 g/mol. The van der Waals surface area contributed by atoms with Crippen molar-refractivity contribution in [3.05, 3.63) is 12.2 Å². The molecule has 0 amide bonds. The summed E-state index contributed by atoms with van der Waals surface area (Å²) in [4.78, 5) is 26.1. The minimum atomic E-state index is -1.95. The molecule has 4 aliphatic carbocycles. The van der Waals surface area contributed by atoms with E-state index in [9.17, 15) is 35.1 Å². The summed E-state index contributed by atoms with van der Waals surface area (Å²) in [6.45, 7) is 6.41. The van der Waals surface area contributed by atoms with Gasteiger partial charge in [0, 0.05) is 12.3 Å². The summed E-state index contributed by atoms with van der Waals surface area (Å²) < 4.78 is 18.3. The molecule has 0 spiro atoms. The minimum absolute atomic E-state index is 0.00316. The molecule has 3 heterocycles. The van der Waals surface area contributed by atoms with E-state index < -0.39 is 75.1 Å². The molecular formula is C28H38O10. The second kappa shape index (κ2) is 6.90. The third-order valence-electron chi connectivity index (χ3n) is 13.1. The second-order valence-electron chi connectivity index (χ2n) is 13.9. The molecule has 3 unspecified atom stereocenters. The van der Waals surface area contributed by atoms with E-state index >= 15 is 0 Å². The summed E-state index contributed by atoms with van der Waals surface area (Å²) in [6.07, 6.45) is 1.04. The lowest BCUT2D eigenvalue weighted by Crippen LogP contribution is -2.81. The molecule has 5 N–H and O–H groups in total. The Kier molecular flexibility index (Phi) is 4.64. The fourth-order valence-corrected chi connectivity index (χ4v) is 10.3. The molecule has 0 aromatic heterocycles. The van der Waals surface area contributed by atoms with E-state index in [4.69, 9.17) is 14.2 Å². The number of aliphatic hydroxyl groups excluding tert-OH is 1. The highest BCUT2D eigenvalue weighted by molar-refractivity contribution is 5.97. The lowest BCUT2D eigenvalue weighted by molar-refractivity contribution is -0.438. The van der Waals surface area contributed by atoms with E-state index in [2.05, 4.69) is 0 Å². The summed E-state index contributed by atoms with van der Waals surface area (Å²) in [6, 6.07) is 0. The largest absolute Gasteiger partial charge is 0.454 e. The molecule has 38 heavy (non-hydrogen) atoms. The highest BCUT2D eigenvalue weighted by atomic mass is 16.7. The Labute approximate surface area is 220 Å². The first-order chi connectivity index (χ1) is 17.5. The average Bonchev–Trinajstić information content (AvgIpc) is 3.22. The van der Waals surface area contributed by atoms with Crippen molar-refractivity contribution in [3.8, 4) is 0 Å². The van der Waals surface area contributed by atoms with Gasteiger partial charge in [0.15, 0.2) is 23.3 Å². The fourth-order valence-electron chi connectivity index (χ4n) is 10.3. The number of aliphatic hydroxyl groups is 5. The van der Waals surface area contributed by atoms with Gasteiger partial charge in [-0.1, -0.05) is 13.0 Å². The van der Waals surface area contributed by atoms with Crippen LogP contribution in [0.5, 0.6) is 0 Å². The number of allylic oxidation sites excluding steroid dienone is 1. The number of hydrogen-bond donors (Lipinski definition) is 5. The highest BCUT2D eigenvalue weighted by Crippen LogP contribution is 2.74. The quantitative estimate of drug-likeness (QED) is 0.267. The number of esters is 1. The minimum Gasteiger partial charge on any atom is -0.454 e. The Balaban J connectivity index is 1.36. The lowest BCUT2D eigenvalue weighted by Gasteiger charge is -2.70. The maximum Gasteiger partial charge on any atom is 0.341 e. The van der Waals surface area contributed by atoms with Crippen LogP contribution >= 0.6 is 0 Å². The van der Waals surface area contributed by atoms with E-state index in [1.807, 2.05) is 6.92 Å². The van der Waals surface area contributed by atoms with Gasteiger partial charge in [0.2, 0.25) is 0 Å². The van der Waals surface area contributed by atoms with Gasteiger partial charge in [-0.3, -0.25) is 4.79 Å². The molecule has 7 aliphatic rings. The van der Waals surface area contributed by atoms with E-state index in [0.717, 1.165) is 0 Å². The zero-order valence-corrected chi connectivity index (χ0v) is 22.2. The van der Waals surface area contributed by atoms with Crippen LogP contribution in [0, 0.1) is 34.5 Å². The molecule has 3 saturated carbocycles. The summed E-state index contributed by atoms with van der Waals surface area (Å²) in [5.41, 5.74) is -9.09. The zero-order chi connectivity index (χ0) is 27.5. The molecule has 14 atom stereocenters. The smallest absolute Gasteiger partial charge is 0.341 e. The maximum atomic E-state index is 13.5. The third-order valence-corrected chi connectivity index (χ3v) is 13.1. The third kappa shape index (κ3) is 2.33. The molecule has 0 aromatic carbocycles. The van der Waals surface area contributed by atoms with Crippen molar-refractivity contribution in [2.24, 2.45) is 34.5 Å². The first-order valence-corrected chi connectivity index (χ1v) is 13.8. The predicted octanol–water partition coefficient (Wildman–Crippen LogP) is -0.0302. The number of carbonyl (C=O) groups is 2. The SMILES string of the molecule is C[C@]12C3CC[C@@]1(O)[C@@H]1CO[C@]4(C)[C@@H](OC(=O)[C@@]4(C)O)[C@H]1O[C@@]2(O)CC1C3C[C@@H](O)[C@@]2(O)CC=CC(=O)[C@]12C. The van der Waals surface area contributed by atoms with Gasteiger partial charge in [-0.15, -0.1) is 0 Å². The summed E-state index contributed by atoms with van der Waals surface area (Å²) >= 11 is 0. The van der Waals surface area contributed by atoms with Crippen LogP contribution in [0.15, 0.2) is 12.2 Å². The predicted molar refractivity (Wildman–Crippen MR) is 128 cm³/mol. The Hall–Kier alpha value is -1.40. The lowest BCUT2D eigenvalue weighted by atomic mass is 9.40. The van der Waals surface area contributed by atoms with Gasteiger partial charge >= 0.3 is 5.97 Å². The van der Waals surface area contributed by atoms with Crippen molar-refractivity contribution in [1.29, 1.82) is 0 Å². The molecule has 210 valence electrons. The van der Waals surface area contributed by atoms with Gasteiger partial charge in [0.25, 0.3) is 0 Å². The zero-order valence-electron chi connectivity index (χ0n) is 22.2. The molecule has 0 radical (unpaired) electrons. The van der Waals surface area contributed by atoms with Crippen molar-refractivity contribution >= 4 is 11.8 Å². The van der Waals surface area contributed by atoms with Gasteiger partial charge in [-0.2, -0.15) is 0 Å². The highest BCUT2D eigenvalue weighted by Gasteiger charge is 2.83. The van der Waals surface area contributed by atoms with Crippen LogP contribution in [-0.2, 0) is 23.8 Å². The van der Waals surface area contributed by atoms with Crippen molar-refractivity contribution in [2.75, 3.05) is 6.61 Å². The van der Waals surface area contributed by atoms with Crippen molar-refractivity contribution in [1.82, 2.24) is 0 Å². The van der Waals surface area contributed by atoms with Crippen LogP contribution in [0.25, 0.3) is 0 Å². The van der Waals surface area contributed by atoms with Crippen LogP contribution in [0.3, 0.4) is 0 Å². The molecule has 0 aromatic rings. The van der Waals surface area contributed by atoms with Gasteiger partial charge in [-0.05, 0) is 70.3 Å². The fraction of sp³-hybridized carbons (Fsp3) is 0.857. The summed E-state index contributed by atoms with van der Waals surface area (Å²) in [7, 11) is 0. The Morgan fingerprint density at radius 3 is 2.39 bits per heavy atom. The molecular weight excluding hydrogens is 496 g/mol. The van der Waals surface area contributed by atoms with Crippen LogP contribution in [-0.4, -0.2) is 90.4 Å². The first kappa shape index (κ1) is 25.6. The van der Waals surface area contributed by atoms with Crippen molar-refractivity contribution in [3.63, 3.8) is 0 Å². The van der Waals surface area contributed by atoms with Gasteiger partial charge in [0.05, 0.1) is 29.1 Å². The van der Waals surface area contributed by atoms with Gasteiger partial charge in [-0.25, -0.2) is 4.79 Å². The standard InChI is InChI=1S/C28H38O10/c1-22-15-11-28(35)23(2)14(13(15)10-18(30)27(22,34)8-5-6-17(22)29)7-9-26(23,33)16-12-36-25(4)20(19(16)38-28)37-21(31)24(25,3)32/h5-6,13-16,18-20,30,32-35H,7-12H2,1-4H3/t13?,14?,15?,16-,18-,19+,20+,22+,23+,24-,25-,26-,27+,28+/m1/s1. The van der Waals surface area contributed by atoms with Crippen LogP contribution in [0.2, 0.25) is 0 Å². The topological polar surface area (TPSA) is 163 Å². The summed E-state index contributed by atoms with van der Waals surface area (Å²) in [5, 5.41) is 58.9. The van der Waals surface area contributed by atoms with Crippen molar-refractivity contribution in [2.45, 2.75) is 106 Å². The Morgan fingerprint density at radius 2 is 1.68 bits per heavy atom. The van der Waals surface area contributed by atoms with Crippen LogP contribution in [0.4, 0.5) is 0 Å². The van der Waals surface area contributed by atoms with E-state index in [1.165, 1.54) is 13.0 Å². The monoisotopic (exact) mass is 534 g/mol. The van der Waals surface area contributed by atoms with Crippen LogP contribution < -0.4 is 0 Å². The molecule has 0 bridgehead atoms. The number of ketones is 1. The molecule has 7 rings (SSSR count). The van der Waals surface area contributed by atoms with E-state index in [0.29, 0.717) is 12.8 Å². The number of carbonyl (C=O) groups excluding carboxylic acids is 2. The van der Waals surface area contributed by atoms with Crippen LogP contribution in [0.1, 0.15) is 59.8 Å². The van der Waals surface area contributed by atoms with Gasteiger partial charge in [0.1, 0.15) is 17.3 Å². The first-order valence-electron chi connectivity index (χ1n) is 13.8. The molecule has 10 heteroatoms. The number of rotatable bonds is 0. The molecule has 3 aliphatic heterocycles. The number of ether oxygens (including phenoxy) is 3. The molecule has 6 fully saturated rings. The number of hydrogen-bond acceptors (Lipinski definition) is 10. The van der Waals surface area contributed by atoms with E-state index in [-0.39, 0.29) is 43.5 Å². The maximum absolute atomic E-state index is 13.5. The number of fused-ring (bicyclic) bond motifs is 8. The van der Waals surface area contributed by atoms with E-state index in [1.54, 1.807) is 19.9 Å². The second-order valence-corrected chi connectivity index (χ2v) is 13.9.